The number of unbranched alkanes of at least 4 members (excludes halogenated alkanes) is 2. The maximum Gasteiger partial charge on any atom is 0.320 e. The second-order valence-electron chi connectivity index (χ2n) is 10.1. The van der Waals surface area contributed by atoms with Crippen LogP contribution >= 0.6 is 0 Å². The van der Waals surface area contributed by atoms with Gasteiger partial charge in [0.15, 0.2) is 0 Å². The molecule has 3 atom stereocenters. The number of carbonyl (C=O) groups is 9. The van der Waals surface area contributed by atoms with E-state index in [4.69, 9.17) is 20.4 Å². The number of carbonyl (C=O) groups excluding carboxylic acids is 3. The van der Waals surface area contributed by atoms with E-state index >= 15 is 0 Å². The lowest BCUT2D eigenvalue weighted by Gasteiger charge is -2.25. The van der Waals surface area contributed by atoms with Crippen molar-refractivity contribution in [1.82, 2.24) is 25.8 Å². The van der Waals surface area contributed by atoms with Gasteiger partial charge in [-0.3, -0.25) is 53.0 Å². The predicted molar refractivity (Wildman–Crippen MR) is 152 cm³/mol. The Hall–Kier alpha value is -4.85. The summed E-state index contributed by atoms with van der Waals surface area (Å²) in [6.07, 6.45) is 0.774. The Balaban J connectivity index is 4.66. The van der Waals surface area contributed by atoms with Gasteiger partial charge in [0.1, 0.15) is 18.1 Å². The van der Waals surface area contributed by atoms with Gasteiger partial charge in [-0.05, 0) is 44.9 Å². The van der Waals surface area contributed by atoms with Gasteiger partial charge in [0.05, 0.1) is 26.2 Å². The highest BCUT2D eigenvalue weighted by Crippen LogP contribution is 2.11. The summed E-state index contributed by atoms with van der Waals surface area (Å²) in [5.74, 6) is -9.46. The standard InChI is InChI=1S/C26H41N5O15/c32-15-29-16(24(42)28-10-4-2-6-18(26(45)46)31(13-22(38)39)14-23(40)41)7-8-19(33)27-9-3-1-5-17(25(43)44)30(11-20(34)35)12-21(36)37/h15-18H,1-14H2,(H,27,33)(H,28,42)(H,29,32)(H,34,35)(H,36,37)(H,38,39)(H,40,41)(H,43,44)(H,45,46). The molecular formula is C26H41N5O15. The number of amides is 3. The highest BCUT2D eigenvalue weighted by Gasteiger charge is 2.30. The molecule has 0 aromatic carbocycles. The van der Waals surface area contributed by atoms with Crippen LogP contribution < -0.4 is 16.0 Å². The summed E-state index contributed by atoms with van der Waals surface area (Å²) in [5.41, 5.74) is 0. The van der Waals surface area contributed by atoms with Crippen molar-refractivity contribution in [1.29, 1.82) is 0 Å². The molecule has 0 aliphatic heterocycles. The smallest absolute Gasteiger partial charge is 0.320 e. The quantitative estimate of drug-likeness (QED) is 0.0304. The minimum absolute atomic E-state index is 0.0416. The lowest BCUT2D eigenvalue weighted by atomic mass is 10.1. The molecule has 3 unspecified atom stereocenters. The Kier molecular flexibility index (Phi) is 20.2. The maximum atomic E-state index is 12.5. The van der Waals surface area contributed by atoms with Crippen LogP contribution in [0.3, 0.4) is 0 Å². The molecule has 0 saturated carbocycles. The minimum atomic E-state index is -1.40. The van der Waals surface area contributed by atoms with E-state index in [2.05, 4.69) is 16.0 Å². The fourth-order valence-corrected chi connectivity index (χ4v) is 4.40. The first kappa shape index (κ1) is 41.1. The molecule has 20 nitrogen and oxygen atoms in total. The molecule has 0 saturated heterocycles. The van der Waals surface area contributed by atoms with Gasteiger partial charge in [-0.15, -0.1) is 0 Å². The molecule has 0 aliphatic rings. The second kappa shape index (κ2) is 22.6. The Bertz CT molecular complexity index is 1050. The van der Waals surface area contributed by atoms with Gasteiger partial charge in [-0.2, -0.15) is 0 Å². The highest BCUT2D eigenvalue weighted by molar-refractivity contribution is 5.85. The van der Waals surface area contributed by atoms with Crippen molar-refractivity contribution < 1.29 is 73.8 Å². The van der Waals surface area contributed by atoms with Crippen molar-refractivity contribution in [2.45, 2.75) is 69.5 Å². The number of carboxylic acid groups (broad SMARTS) is 6. The lowest BCUT2D eigenvalue weighted by Crippen LogP contribution is -2.46. The van der Waals surface area contributed by atoms with E-state index in [9.17, 15) is 53.4 Å². The first-order valence-corrected chi connectivity index (χ1v) is 14.1. The van der Waals surface area contributed by atoms with E-state index in [-0.39, 0.29) is 70.9 Å². The Morgan fingerprint density at radius 2 is 0.957 bits per heavy atom. The summed E-state index contributed by atoms with van der Waals surface area (Å²) in [4.78, 5) is 104. The third-order valence-electron chi connectivity index (χ3n) is 6.48. The van der Waals surface area contributed by atoms with Gasteiger partial charge in [-0.25, -0.2) is 0 Å². The third kappa shape index (κ3) is 18.7. The number of hydrogen-bond acceptors (Lipinski definition) is 11. The number of carboxylic acids is 6. The number of aliphatic carboxylic acids is 6. The normalized spacial score (nSPS) is 12.8. The van der Waals surface area contributed by atoms with Gasteiger partial charge in [0.2, 0.25) is 18.2 Å². The molecule has 9 N–H and O–H groups in total. The van der Waals surface area contributed by atoms with Crippen LogP contribution in [0.25, 0.3) is 0 Å². The summed E-state index contributed by atoms with van der Waals surface area (Å²) in [6, 6.07) is -3.82. The second-order valence-corrected chi connectivity index (χ2v) is 10.1. The first-order valence-electron chi connectivity index (χ1n) is 14.1. The van der Waals surface area contributed by atoms with Crippen LogP contribution in [-0.2, 0) is 43.2 Å². The van der Waals surface area contributed by atoms with Gasteiger partial charge in [0.25, 0.3) is 0 Å². The number of hydrogen-bond donors (Lipinski definition) is 9. The molecule has 0 bridgehead atoms. The van der Waals surface area contributed by atoms with Crippen LogP contribution in [-0.4, -0.2) is 152 Å². The number of rotatable bonds is 28. The van der Waals surface area contributed by atoms with Gasteiger partial charge >= 0.3 is 35.8 Å². The van der Waals surface area contributed by atoms with E-state index in [0.717, 1.165) is 9.80 Å². The fraction of sp³-hybridized carbons (Fsp3) is 0.654. The molecule has 20 heteroatoms. The molecule has 0 heterocycles. The summed E-state index contributed by atoms with van der Waals surface area (Å²) in [7, 11) is 0. The molecule has 3 amide bonds. The van der Waals surface area contributed by atoms with Gasteiger partial charge in [0, 0.05) is 19.5 Å². The van der Waals surface area contributed by atoms with E-state index in [1.807, 2.05) is 0 Å². The molecule has 0 aromatic heterocycles. The summed E-state index contributed by atoms with van der Waals surface area (Å²) < 4.78 is 0. The van der Waals surface area contributed by atoms with Crippen LogP contribution in [0.2, 0.25) is 0 Å². The summed E-state index contributed by atoms with van der Waals surface area (Å²) >= 11 is 0. The first-order chi connectivity index (χ1) is 21.6. The topological polar surface area (TPSA) is 318 Å². The number of nitrogens with zero attached hydrogens (tertiary/aromatic N) is 2. The van der Waals surface area contributed by atoms with E-state index in [1.165, 1.54) is 0 Å². The van der Waals surface area contributed by atoms with Crippen molar-refractivity contribution in [2.24, 2.45) is 0 Å². The van der Waals surface area contributed by atoms with Crippen LogP contribution in [0.1, 0.15) is 51.4 Å². The Labute approximate surface area is 262 Å². The summed E-state index contributed by atoms with van der Waals surface area (Å²) in [6.45, 7) is -3.00. The zero-order chi connectivity index (χ0) is 35.2. The predicted octanol–water partition coefficient (Wildman–Crippen LogP) is -2.70. The average molecular weight is 664 g/mol. The van der Waals surface area contributed by atoms with Crippen molar-refractivity contribution in [3.05, 3.63) is 0 Å². The molecule has 0 spiro atoms. The molecule has 0 aromatic rings. The van der Waals surface area contributed by atoms with Gasteiger partial charge < -0.3 is 46.6 Å². The number of nitrogens with one attached hydrogen (secondary N) is 3. The van der Waals surface area contributed by atoms with E-state index < -0.39 is 91.9 Å². The van der Waals surface area contributed by atoms with Crippen molar-refractivity contribution in [2.75, 3.05) is 39.3 Å². The van der Waals surface area contributed by atoms with Gasteiger partial charge in [-0.1, -0.05) is 0 Å². The zero-order valence-electron chi connectivity index (χ0n) is 25.0. The van der Waals surface area contributed by atoms with E-state index in [1.54, 1.807) is 0 Å². The van der Waals surface area contributed by atoms with Crippen LogP contribution in [0.5, 0.6) is 0 Å². The summed E-state index contributed by atoms with van der Waals surface area (Å²) in [5, 5.41) is 62.0. The van der Waals surface area contributed by atoms with Crippen LogP contribution in [0, 0.1) is 0 Å². The lowest BCUT2D eigenvalue weighted by molar-refractivity contribution is -0.152. The molecule has 0 fully saturated rings. The van der Waals surface area contributed by atoms with Crippen molar-refractivity contribution in [3.8, 4) is 0 Å². The van der Waals surface area contributed by atoms with Crippen molar-refractivity contribution in [3.63, 3.8) is 0 Å². The highest BCUT2D eigenvalue weighted by atomic mass is 16.4. The minimum Gasteiger partial charge on any atom is -0.480 e. The maximum absolute atomic E-state index is 12.5. The molecule has 0 aliphatic carbocycles. The Morgan fingerprint density at radius 3 is 1.30 bits per heavy atom. The SMILES string of the molecule is O=CNC(CCC(=O)NCCCCC(C(=O)O)N(CC(=O)O)CC(=O)O)C(=O)NCCCCC(C(=O)O)N(CC(=O)O)CC(=O)O. The molecule has 260 valence electrons. The molecule has 0 rings (SSSR count). The monoisotopic (exact) mass is 663 g/mol. The largest absolute Gasteiger partial charge is 0.480 e. The third-order valence-corrected chi connectivity index (χ3v) is 6.48. The molecule has 46 heavy (non-hydrogen) atoms. The van der Waals surface area contributed by atoms with E-state index in [0.29, 0.717) is 0 Å². The fourth-order valence-electron chi connectivity index (χ4n) is 4.40. The zero-order valence-corrected chi connectivity index (χ0v) is 25.0. The molecule has 0 radical (unpaired) electrons. The Morgan fingerprint density at radius 1 is 0.565 bits per heavy atom. The average Bonchev–Trinajstić information content (AvgIpc) is 2.92. The van der Waals surface area contributed by atoms with Crippen LogP contribution in [0.4, 0.5) is 0 Å². The van der Waals surface area contributed by atoms with Crippen molar-refractivity contribution >= 4 is 54.0 Å². The van der Waals surface area contributed by atoms with Crippen LogP contribution in [0.15, 0.2) is 0 Å². The molecular weight excluding hydrogens is 622 g/mol.